The summed E-state index contributed by atoms with van der Waals surface area (Å²) < 4.78 is 5.12. The van der Waals surface area contributed by atoms with Gasteiger partial charge in [-0.3, -0.25) is 4.79 Å². The summed E-state index contributed by atoms with van der Waals surface area (Å²) in [6.07, 6.45) is 3.38. The minimum atomic E-state index is -0.0315. The number of ether oxygens (including phenoxy) is 1. The Morgan fingerprint density at radius 1 is 1.26 bits per heavy atom. The Hall–Kier alpha value is -1.51. The fraction of sp³-hybridized carbons (Fsp3) is 0.562. The van der Waals surface area contributed by atoms with Gasteiger partial charge in [0.1, 0.15) is 5.75 Å². The SMILES string of the molecule is COc1cccc(C(=O)N[C@H](C)CCCC(C)C)c1. The third-order valence-electron chi connectivity index (χ3n) is 3.13. The second-order valence-corrected chi connectivity index (χ2v) is 5.43. The summed E-state index contributed by atoms with van der Waals surface area (Å²) in [7, 11) is 1.60. The predicted molar refractivity (Wildman–Crippen MR) is 78.6 cm³/mol. The van der Waals surface area contributed by atoms with E-state index in [1.165, 1.54) is 6.42 Å². The maximum Gasteiger partial charge on any atom is 0.251 e. The van der Waals surface area contributed by atoms with E-state index >= 15 is 0 Å². The maximum absolute atomic E-state index is 12.1. The summed E-state index contributed by atoms with van der Waals surface area (Å²) in [6, 6.07) is 7.44. The van der Waals surface area contributed by atoms with Crippen molar-refractivity contribution in [2.24, 2.45) is 5.92 Å². The van der Waals surface area contributed by atoms with Crippen molar-refractivity contribution in [1.82, 2.24) is 5.32 Å². The molecule has 1 N–H and O–H groups in total. The van der Waals surface area contributed by atoms with Crippen molar-refractivity contribution in [3.05, 3.63) is 29.8 Å². The van der Waals surface area contributed by atoms with Gasteiger partial charge in [-0.25, -0.2) is 0 Å². The van der Waals surface area contributed by atoms with Gasteiger partial charge in [-0.2, -0.15) is 0 Å². The van der Waals surface area contributed by atoms with Crippen LogP contribution in [-0.4, -0.2) is 19.1 Å². The number of benzene rings is 1. The van der Waals surface area contributed by atoms with Crippen LogP contribution in [0.15, 0.2) is 24.3 Å². The molecular formula is C16H25NO2. The van der Waals surface area contributed by atoms with E-state index < -0.39 is 0 Å². The molecule has 0 spiro atoms. The highest BCUT2D eigenvalue weighted by Gasteiger charge is 2.10. The van der Waals surface area contributed by atoms with Crippen LogP contribution in [0, 0.1) is 5.92 Å². The van der Waals surface area contributed by atoms with Crippen LogP contribution >= 0.6 is 0 Å². The highest BCUT2D eigenvalue weighted by Crippen LogP contribution is 2.13. The summed E-state index contributed by atoms with van der Waals surface area (Å²) in [5.74, 6) is 1.40. The highest BCUT2D eigenvalue weighted by molar-refractivity contribution is 5.94. The number of rotatable bonds is 7. The molecule has 0 saturated carbocycles. The van der Waals surface area contributed by atoms with E-state index in [4.69, 9.17) is 4.74 Å². The molecule has 3 nitrogen and oxygen atoms in total. The normalized spacial score (nSPS) is 12.3. The molecule has 0 bridgehead atoms. The van der Waals surface area contributed by atoms with Crippen LogP contribution in [0.25, 0.3) is 0 Å². The van der Waals surface area contributed by atoms with Gasteiger partial charge >= 0.3 is 0 Å². The number of carbonyl (C=O) groups is 1. The first-order valence-corrected chi connectivity index (χ1v) is 6.98. The third-order valence-corrected chi connectivity index (χ3v) is 3.13. The Bertz CT molecular complexity index is 401. The zero-order valence-electron chi connectivity index (χ0n) is 12.4. The van der Waals surface area contributed by atoms with Gasteiger partial charge in [0.2, 0.25) is 0 Å². The molecule has 0 aliphatic carbocycles. The van der Waals surface area contributed by atoms with Crippen LogP contribution < -0.4 is 10.1 Å². The van der Waals surface area contributed by atoms with Gasteiger partial charge in [0.05, 0.1) is 7.11 Å². The van der Waals surface area contributed by atoms with Crippen molar-refractivity contribution < 1.29 is 9.53 Å². The Kier molecular flexibility index (Phi) is 6.40. The van der Waals surface area contributed by atoms with E-state index in [2.05, 4.69) is 26.1 Å². The molecule has 106 valence electrons. The van der Waals surface area contributed by atoms with Crippen molar-refractivity contribution in [2.75, 3.05) is 7.11 Å². The maximum atomic E-state index is 12.1. The van der Waals surface area contributed by atoms with Gasteiger partial charge in [-0.05, 0) is 37.5 Å². The molecule has 19 heavy (non-hydrogen) atoms. The van der Waals surface area contributed by atoms with Crippen molar-refractivity contribution in [3.8, 4) is 5.75 Å². The quantitative estimate of drug-likeness (QED) is 0.815. The highest BCUT2D eigenvalue weighted by atomic mass is 16.5. The fourth-order valence-electron chi connectivity index (χ4n) is 1.98. The van der Waals surface area contributed by atoms with E-state index in [1.54, 1.807) is 19.2 Å². The molecule has 1 amide bonds. The van der Waals surface area contributed by atoms with Crippen LogP contribution in [-0.2, 0) is 0 Å². The molecule has 3 heteroatoms. The number of amides is 1. The number of carbonyl (C=O) groups excluding carboxylic acids is 1. The third kappa shape index (κ3) is 5.77. The van der Waals surface area contributed by atoms with Crippen molar-refractivity contribution in [2.45, 2.75) is 46.1 Å². The van der Waals surface area contributed by atoms with Gasteiger partial charge in [0.15, 0.2) is 0 Å². The molecule has 0 radical (unpaired) electrons. The fourth-order valence-corrected chi connectivity index (χ4v) is 1.98. The number of methoxy groups -OCH3 is 1. The van der Waals surface area contributed by atoms with E-state index in [0.717, 1.165) is 18.8 Å². The second-order valence-electron chi connectivity index (χ2n) is 5.43. The monoisotopic (exact) mass is 263 g/mol. The lowest BCUT2D eigenvalue weighted by molar-refractivity contribution is 0.0937. The molecule has 0 unspecified atom stereocenters. The lowest BCUT2D eigenvalue weighted by atomic mass is 10.0. The molecule has 0 aliphatic rings. The van der Waals surface area contributed by atoms with Crippen LogP contribution in [0.4, 0.5) is 0 Å². The molecule has 1 aromatic rings. The molecule has 1 atom stereocenters. The smallest absolute Gasteiger partial charge is 0.251 e. The number of hydrogen-bond donors (Lipinski definition) is 1. The Labute approximate surface area is 116 Å². The van der Waals surface area contributed by atoms with Crippen molar-refractivity contribution in [1.29, 1.82) is 0 Å². The van der Waals surface area contributed by atoms with Gasteiger partial charge < -0.3 is 10.1 Å². The molecular weight excluding hydrogens is 238 g/mol. The molecule has 1 aromatic carbocycles. The predicted octanol–water partition coefficient (Wildman–Crippen LogP) is 3.64. The molecule has 0 saturated heterocycles. The first-order valence-electron chi connectivity index (χ1n) is 6.98. The van der Waals surface area contributed by atoms with Crippen LogP contribution in [0.5, 0.6) is 5.75 Å². The van der Waals surface area contributed by atoms with Gasteiger partial charge in [0.25, 0.3) is 5.91 Å². The molecule has 1 rings (SSSR count). The topological polar surface area (TPSA) is 38.3 Å². The molecule has 0 aromatic heterocycles. The Balaban J connectivity index is 2.45. The van der Waals surface area contributed by atoms with E-state index in [9.17, 15) is 4.79 Å². The Morgan fingerprint density at radius 2 is 2.00 bits per heavy atom. The first kappa shape index (κ1) is 15.5. The average molecular weight is 263 g/mol. The number of nitrogens with one attached hydrogen (secondary N) is 1. The largest absolute Gasteiger partial charge is 0.497 e. The second kappa shape index (κ2) is 7.82. The summed E-state index contributed by atoms with van der Waals surface area (Å²) in [5, 5.41) is 3.03. The van der Waals surface area contributed by atoms with Crippen molar-refractivity contribution >= 4 is 5.91 Å². The van der Waals surface area contributed by atoms with Crippen molar-refractivity contribution in [3.63, 3.8) is 0 Å². The lowest BCUT2D eigenvalue weighted by Gasteiger charge is -2.14. The summed E-state index contributed by atoms with van der Waals surface area (Å²) in [6.45, 7) is 6.50. The summed E-state index contributed by atoms with van der Waals surface area (Å²) in [4.78, 5) is 12.1. The molecule has 0 aliphatic heterocycles. The minimum Gasteiger partial charge on any atom is -0.497 e. The summed E-state index contributed by atoms with van der Waals surface area (Å²) in [5.41, 5.74) is 0.648. The number of hydrogen-bond acceptors (Lipinski definition) is 2. The summed E-state index contributed by atoms with van der Waals surface area (Å²) >= 11 is 0. The minimum absolute atomic E-state index is 0.0315. The van der Waals surface area contributed by atoms with E-state index in [0.29, 0.717) is 11.3 Å². The van der Waals surface area contributed by atoms with E-state index in [1.807, 2.05) is 12.1 Å². The lowest BCUT2D eigenvalue weighted by Crippen LogP contribution is -2.32. The standard InChI is InChI=1S/C16H25NO2/c1-12(2)7-5-8-13(3)17-16(18)14-9-6-10-15(11-14)19-4/h6,9-13H,5,7-8H2,1-4H3,(H,17,18)/t13-/m1/s1. The zero-order valence-corrected chi connectivity index (χ0v) is 12.4. The first-order chi connectivity index (χ1) is 9.02. The zero-order chi connectivity index (χ0) is 14.3. The van der Waals surface area contributed by atoms with Gasteiger partial charge in [-0.15, -0.1) is 0 Å². The Morgan fingerprint density at radius 3 is 2.63 bits per heavy atom. The average Bonchev–Trinajstić information content (AvgIpc) is 2.38. The van der Waals surface area contributed by atoms with E-state index in [-0.39, 0.29) is 11.9 Å². The van der Waals surface area contributed by atoms with Crippen LogP contribution in [0.3, 0.4) is 0 Å². The molecule has 0 fully saturated rings. The van der Waals surface area contributed by atoms with Crippen LogP contribution in [0.2, 0.25) is 0 Å². The molecule has 0 heterocycles. The van der Waals surface area contributed by atoms with Gasteiger partial charge in [0, 0.05) is 11.6 Å². The van der Waals surface area contributed by atoms with Gasteiger partial charge in [-0.1, -0.05) is 32.8 Å². The van der Waals surface area contributed by atoms with Crippen LogP contribution in [0.1, 0.15) is 50.4 Å².